The van der Waals surface area contributed by atoms with Crippen molar-refractivity contribution in [3.8, 4) is 0 Å². The summed E-state index contributed by atoms with van der Waals surface area (Å²) >= 11 is 0. The smallest absolute Gasteiger partial charge is 0.408 e. The molecule has 0 aliphatic heterocycles. The van der Waals surface area contributed by atoms with Gasteiger partial charge >= 0.3 is 12.1 Å². The van der Waals surface area contributed by atoms with E-state index >= 15 is 0 Å². The molecule has 0 radical (unpaired) electrons. The lowest BCUT2D eigenvalue weighted by atomic mass is 10.2. The number of aliphatic carboxylic acids is 1. The molecule has 0 spiro atoms. The van der Waals surface area contributed by atoms with Crippen LogP contribution in [-0.2, 0) is 29.6 Å². The van der Waals surface area contributed by atoms with Crippen molar-refractivity contribution >= 4 is 12.1 Å². The minimum Gasteiger partial charge on any atom is -0.480 e. The molecule has 1 aromatic carbocycles. The molecule has 0 bridgehead atoms. The van der Waals surface area contributed by atoms with Crippen LogP contribution >= 0.6 is 0 Å². The number of carboxylic acids is 1. The first-order chi connectivity index (χ1) is 10.6. The van der Waals surface area contributed by atoms with Gasteiger partial charge in [-0.2, -0.15) is 0 Å². The van der Waals surface area contributed by atoms with Gasteiger partial charge in [0.05, 0.1) is 0 Å². The standard InChI is InChI=1S/C14H16N4O4/c1-18-9-15-17-12(18)7-11(13(19)20)16-14(21)22-8-10-5-3-2-4-6-10/h2-6,9,11H,7-8H2,1H3,(H,16,21)(H,19,20). The molecule has 0 fully saturated rings. The third-order valence-electron chi connectivity index (χ3n) is 2.99. The number of carbonyl (C=O) groups is 2. The Kier molecular flexibility index (Phi) is 5.07. The predicted octanol–water partition coefficient (Wildman–Crippen LogP) is 0.737. The summed E-state index contributed by atoms with van der Waals surface area (Å²) < 4.78 is 6.59. The van der Waals surface area contributed by atoms with Gasteiger partial charge < -0.3 is 19.7 Å². The number of carbonyl (C=O) groups excluding carboxylic acids is 1. The van der Waals surface area contributed by atoms with Crippen molar-refractivity contribution in [1.82, 2.24) is 20.1 Å². The number of nitrogens with zero attached hydrogens (tertiary/aromatic N) is 3. The largest absolute Gasteiger partial charge is 0.480 e. The van der Waals surface area contributed by atoms with Crippen LogP contribution in [0.15, 0.2) is 36.7 Å². The van der Waals surface area contributed by atoms with Crippen LogP contribution in [0.5, 0.6) is 0 Å². The van der Waals surface area contributed by atoms with Crippen molar-refractivity contribution in [2.75, 3.05) is 0 Å². The van der Waals surface area contributed by atoms with E-state index in [1.807, 2.05) is 30.3 Å². The number of amides is 1. The highest BCUT2D eigenvalue weighted by atomic mass is 16.5. The van der Waals surface area contributed by atoms with Crippen LogP contribution in [0, 0.1) is 0 Å². The molecule has 2 rings (SSSR count). The number of ether oxygens (including phenoxy) is 1. The quantitative estimate of drug-likeness (QED) is 0.815. The summed E-state index contributed by atoms with van der Waals surface area (Å²) in [5.74, 6) is -0.713. The van der Waals surface area contributed by atoms with Crippen molar-refractivity contribution in [2.24, 2.45) is 7.05 Å². The molecule has 0 saturated carbocycles. The van der Waals surface area contributed by atoms with Gasteiger partial charge in [0.2, 0.25) is 0 Å². The van der Waals surface area contributed by atoms with E-state index < -0.39 is 18.1 Å². The van der Waals surface area contributed by atoms with Gasteiger partial charge in [0, 0.05) is 13.5 Å². The highest BCUT2D eigenvalue weighted by Gasteiger charge is 2.23. The molecule has 2 aromatic rings. The SMILES string of the molecule is Cn1cnnc1CC(NC(=O)OCc1ccccc1)C(=O)O. The van der Waals surface area contributed by atoms with E-state index in [4.69, 9.17) is 9.84 Å². The maximum atomic E-state index is 11.7. The predicted molar refractivity (Wildman–Crippen MR) is 75.9 cm³/mol. The van der Waals surface area contributed by atoms with Gasteiger partial charge in [0.25, 0.3) is 0 Å². The Morgan fingerprint density at radius 2 is 2.09 bits per heavy atom. The Bertz CT molecular complexity index is 641. The Balaban J connectivity index is 1.89. The van der Waals surface area contributed by atoms with Crippen LogP contribution < -0.4 is 5.32 Å². The molecule has 1 aromatic heterocycles. The molecule has 1 unspecified atom stereocenters. The first-order valence-corrected chi connectivity index (χ1v) is 6.59. The molecule has 8 nitrogen and oxygen atoms in total. The lowest BCUT2D eigenvalue weighted by Crippen LogP contribution is -2.43. The normalized spacial score (nSPS) is 11.7. The van der Waals surface area contributed by atoms with E-state index in [0.717, 1.165) is 5.56 Å². The van der Waals surface area contributed by atoms with E-state index in [2.05, 4.69) is 15.5 Å². The number of carboxylic acid groups (broad SMARTS) is 1. The molecule has 1 heterocycles. The van der Waals surface area contributed by atoms with Crippen molar-refractivity contribution in [1.29, 1.82) is 0 Å². The van der Waals surface area contributed by atoms with Gasteiger partial charge in [-0.1, -0.05) is 30.3 Å². The van der Waals surface area contributed by atoms with Crippen LogP contribution in [-0.4, -0.2) is 38.0 Å². The van der Waals surface area contributed by atoms with Crippen molar-refractivity contribution in [3.63, 3.8) is 0 Å². The second kappa shape index (κ2) is 7.21. The maximum Gasteiger partial charge on any atom is 0.408 e. The Morgan fingerprint density at radius 1 is 1.36 bits per heavy atom. The Labute approximate surface area is 126 Å². The van der Waals surface area contributed by atoms with Crippen LogP contribution in [0.2, 0.25) is 0 Å². The fourth-order valence-electron chi connectivity index (χ4n) is 1.78. The highest BCUT2D eigenvalue weighted by molar-refractivity contribution is 5.80. The first-order valence-electron chi connectivity index (χ1n) is 6.59. The fourth-order valence-corrected chi connectivity index (χ4v) is 1.78. The second-order valence-corrected chi connectivity index (χ2v) is 4.66. The summed E-state index contributed by atoms with van der Waals surface area (Å²) in [6, 6.07) is 7.98. The molecule has 22 heavy (non-hydrogen) atoms. The van der Waals surface area contributed by atoms with Gasteiger partial charge in [-0.25, -0.2) is 9.59 Å². The molecule has 8 heteroatoms. The molecule has 0 aliphatic rings. The molecular formula is C14H16N4O4. The van der Waals surface area contributed by atoms with E-state index in [9.17, 15) is 9.59 Å². The monoisotopic (exact) mass is 304 g/mol. The summed E-state index contributed by atoms with van der Waals surface area (Å²) in [4.78, 5) is 22.9. The van der Waals surface area contributed by atoms with Gasteiger partial charge in [-0.05, 0) is 5.56 Å². The van der Waals surface area contributed by atoms with Gasteiger partial charge in [0.1, 0.15) is 24.8 Å². The average molecular weight is 304 g/mol. The zero-order valence-corrected chi connectivity index (χ0v) is 12.0. The summed E-state index contributed by atoms with van der Waals surface area (Å²) in [6.45, 7) is 0.0724. The molecule has 0 aliphatic carbocycles. The minimum atomic E-state index is -1.17. The zero-order valence-electron chi connectivity index (χ0n) is 12.0. The summed E-state index contributed by atoms with van der Waals surface area (Å²) in [6.07, 6.45) is 0.687. The molecule has 1 atom stereocenters. The van der Waals surface area contributed by atoms with Crippen LogP contribution in [0.4, 0.5) is 4.79 Å². The lowest BCUT2D eigenvalue weighted by molar-refractivity contribution is -0.139. The van der Waals surface area contributed by atoms with Crippen molar-refractivity contribution < 1.29 is 19.4 Å². The van der Waals surface area contributed by atoms with Crippen molar-refractivity contribution in [3.05, 3.63) is 48.0 Å². The number of benzene rings is 1. The highest BCUT2D eigenvalue weighted by Crippen LogP contribution is 2.03. The van der Waals surface area contributed by atoms with E-state index in [-0.39, 0.29) is 13.0 Å². The number of hydrogen-bond acceptors (Lipinski definition) is 5. The summed E-state index contributed by atoms with van der Waals surface area (Å²) in [7, 11) is 1.70. The van der Waals surface area contributed by atoms with Crippen molar-refractivity contribution in [2.45, 2.75) is 19.1 Å². The first kappa shape index (κ1) is 15.5. The molecule has 116 valence electrons. The topological polar surface area (TPSA) is 106 Å². The molecular weight excluding hydrogens is 288 g/mol. The number of aromatic nitrogens is 3. The third-order valence-corrected chi connectivity index (χ3v) is 2.99. The fraction of sp³-hybridized carbons (Fsp3) is 0.286. The van der Waals surface area contributed by atoms with Gasteiger partial charge in [-0.15, -0.1) is 10.2 Å². The minimum absolute atomic E-state index is 0.0201. The Hall–Kier alpha value is -2.90. The zero-order chi connectivity index (χ0) is 15.9. The van der Waals surface area contributed by atoms with Gasteiger partial charge in [0.15, 0.2) is 0 Å². The summed E-state index contributed by atoms with van der Waals surface area (Å²) in [5.41, 5.74) is 0.817. The molecule has 1 amide bonds. The van der Waals surface area contributed by atoms with Crippen LogP contribution in [0.25, 0.3) is 0 Å². The van der Waals surface area contributed by atoms with E-state index in [0.29, 0.717) is 5.82 Å². The number of nitrogens with one attached hydrogen (secondary N) is 1. The molecule has 2 N–H and O–H groups in total. The van der Waals surface area contributed by atoms with Gasteiger partial charge in [-0.3, -0.25) is 0 Å². The third kappa shape index (κ3) is 4.30. The lowest BCUT2D eigenvalue weighted by Gasteiger charge is -2.14. The second-order valence-electron chi connectivity index (χ2n) is 4.66. The van der Waals surface area contributed by atoms with E-state index in [1.165, 1.54) is 6.33 Å². The maximum absolute atomic E-state index is 11.7. The number of rotatable bonds is 6. The average Bonchev–Trinajstić information content (AvgIpc) is 2.91. The number of aryl methyl sites for hydroxylation is 1. The summed E-state index contributed by atoms with van der Waals surface area (Å²) in [5, 5.41) is 18.9. The van der Waals surface area contributed by atoms with Crippen LogP contribution in [0.3, 0.4) is 0 Å². The number of alkyl carbamates (subject to hydrolysis) is 1. The Morgan fingerprint density at radius 3 is 2.68 bits per heavy atom. The van der Waals surface area contributed by atoms with E-state index in [1.54, 1.807) is 11.6 Å². The molecule has 0 saturated heterocycles. The van der Waals surface area contributed by atoms with Crippen LogP contribution in [0.1, 0.15) is 11.4 Å². The number of hydrogen-bond donors (Lipinski definition) is 2.